The van der Waals surface area contributed by atoms with Crippen molar-refractivity contribution in [1.29, 1.82) is 0 Å². The van der Waals surface area contributed by atoms with Gasteiger partial charge in [0.1, 0.15) is 16.2 Å². The molecule has 0 bridgehead atoms. The molecule has 0 atom stereocenters. The fourth-order valence-electron chi connectivity index (χ4n) is 3.02. The zero-order chi connectivity index (χ0) is 14.0. The number of fused-ring (bicyclic) bond motifs is 1. The third-order valence-corrected chi connectivity index (χ3v) is 4.72. The quantitative estimate of drug-likeness (QED) is 0.906. The zero-order valence-electron chi connectivity index (χ0n) is 12.1. The molecule has 1 aliphatic carbocycles. The van der Waals surface area contributed by atoms with Crippen molar-refractivity contribution < 1.29 is 4.74 Å². The van der Waals surface area contributed by atoms with E-state index in [9.17, 15) is 0 Å². The van der Waals surface area contributed by atoms with E-state index >= 15 is 0 Å². The van der Waals surface area contributed by atoms with Gasteiger partial charge in [-0.05, 0) is 51.0 Å². The largest absolute Gasteiger partial charge is 0.370 e. The standard InChI is InChI=1S/C15H21N3OS/c1-3-16-12-11-7-10-20-13(11)18-14(17-12)15(19-4-2)8-5-6-9-15/h7,10H,3-6,8-9H2,1-2H3,(H,16,17,18). The van der Waals surface area contributed by atoms with Crippen molar-refractivity contribution in [2.45, 2.75) is 45.1 Å². The number of anilines is 1. The number of rotatable bonds is 5. The molecule has 2 aromatic heterocycles. The monoisotopic (exact) mass is 291 g/mol. The van der Waals surface area contributed by atoms with Crippen molar-refractivity contribution in [1.82, 2.24) is 9.97 Å². The van der Waals surface area contributed by atoms with Gasteiger partial charge in [0.2, 0.25) is 0 Å². The highest BCUT2D eigenvalue weighted by Crippen LogP contribution is 2.42. The zero-order valence-corrected chi connectivity index (χ0v) is 12.9. The van der Waals surface area contributed by atoms with Crippen LogP contribution in [0.3, 0.4) is 0 Å². The van der Waals surface area contributed by atoms with Crippen LogP contribution in [0.1, 0.15) is 45.4 Å². The lowest BCUT2D eigenvalue weighted by Crippen LogP contribution is -2.29. The summed E-state index contributed by atoms with van der Waals surface area (Å²) < 4.78 is 6.09. The summed E-state index contributed by atoms with van der Waals surface area (Å²) in [5.41, 5.74) is -0.267. The van der Waals surface area contributed by atoms with E-state index in [4.69, 9.17) is 14.7 Å². The van der Waals surface area contributed by atoms with Crippen LogP contribution in [0.5, 0.6) is 0 Å². The number of hydrogen-bond donors (Lipinski definition) is 1. The van der Waals surface area contributed by atoms with Gasteiger partial charge in [-0.15, -0.1) is 11.3 Å². The maximum Gasteiger partial charge on any atom is 0.164 e. The Morgan fingerprint density at radius 2 is 2.10 bits per heavy atom. The van der Waals surface area contributed by atoms with Gasteiger partial charge in [-0.2, -0.15) is 0 Å². The Morgan fingerprint density at radius 3 is 2.80 bits per heavy atom. The van der Waals surface area contributed by atoms with Gasteiger partial charge in [-0.3, -0.25) is 0 Å². The summed E-state index contributed by atoms with van der Waals surface area (Å²) in [5, 5.41) is 6.55. The molecule has 2 aromatic rings. The topological polar surface area (TPSA) is 47.0 Å². The summed E-state index contributed by atoms with van der Waals surface area (Å²) in [4.78, 5) is 10.6. The third kappa shape index (κ3) is 2.29. The highest BCUT2D eigenvalue weighted by molar-refractivity contribution is 7.16. The first-order chi connectivity index (χ1) is 9.79. The van der Waals surface area contributed by atoms with E-state index in [0.717, 1.165) is 41.2 Å². The van der Waals surface area contributed by atoms with Crippen LogP contribution in [-0.4, -0.2) is 23.1 Å². The molecule has 5 heteroatoms. The lowest BCUT2D eigenvalue weighted by Gasteiger charge is -2.27. The lowest BCUT2D eigenvalue weighted by molar-refractivity contribution is -0.0453. The van der Waals surface area contributed by atoms with Gasteiger partial charge in [0, 0.05) is 13.2 Å². The Balaban J connectivity index is 2.09. The van der Waals surface area contributed by atoms with E-state index in [-0.39, 0.29) is 5.60 Å². The number of nitrogens with zero attached hydrogens (tertiary/aromatic N) is 2. The minimum absolute atomic E-state index is 0.267. The minimum Gasteiger partial charge on any atom is -0.370 e. The minimum atomic E-state index is -0.267. The van der Waals surface area contributed by atoms with Gasteiger partial charge in [-0.1, -0.05) is 0 Å². The fraction of sp³-hybridized carbons (Fsp3) is 0.600. The number of thiophene rings is 1. The second-order valence-corrected chi connectivity index (χ2v) is 6.09. The maximum absolute atomic E-state index is 6.09. The molecule has 0 aliphatic heterocycles. The summed E-state index contributed by atoms with van der Waals surface area (Å²) in [6.07, 6.45) is 4.46. The van der Waals surface area contributed by atoms with Gasteiger partial charge in [-0.25, -0.2) is 9.97 Å². The fourth-order valence-corrected chi connectivity index (χ4v) is 3.78. The molecule has 20 heavy (non-hydrogen) atoms. The van der Waals surface area contributed by atoms with Gasteiger partial charge < -0.3 is 10.1 Å². The van der Waals surface area contributed by atoms with E-state index < -0.39 is 0 Å². The number of aromatic nitrogens is 2. The van der Waals surface area contributed by atoms with Crippen molar-refractivity contribution in [2.75, 3.05) is 18.5 Å². The van der Waals surface area contributed by atoms with Crippen LogP contribution in [0, 0.1) is 0 Å². The first-order valence-electron chi connectivity index (χ1n) is 7.42. The normalized spacial score (nSPS) is 17.7. The van der Waals surface area contributed by atoms with E-state index in [2.05, 4.69) is 30.6 Å². The molecule has 0 aromatic carbocycles. The molecule has 0 amide bonds. The molecular weight excluding hydrogens is 270 g/mol. The molecule has 3 rings (SSSR count). The van der Waals surface area contributed by atoms with Crippen LogP contribution >= 0.6 is 11.3 Å². The molecule has 0 spiro atoms. The second kappa shape index (κ2) is 5.66. The lowest BCUT2D eigenvalue weighted by atomic mass is 10.0. The SMILES string of the molecule is CCNc1nc(C2(OCC)CCCC2)nc2sccc12. The Morgan fingerprint density at radius 1 is 1.30 bits per heavy atom. The number of nitrogens with one attached hydrogen (secondary N) is 1. The van der Waals surface area contributed by atoms with E-state index in [0.29, 0.717) is 6.61 Å². The van der Waals surface area contributed by atoms with E-state index in [1.807, 2.05) is 0 Å². The van der Waals surface area contributed by atoms with Crippen molar-refractivity contribution in [3.05, 3.63) is 17.3 Å². The molecule has 2 heterocycles. The Labute approximate surface area is 123 Å². The highest BCUT2D eigenvalue weighted by Gasteiger charge is 2.39. The average molecular weight is 291 g/mol. The van der Waals surface area contributed by atoms with Crippen molar-refractivity contribution in [3.8, 4) is 0 Å². The highest BCUT2D eigenvalue weighted by atomic mass is 32.1. The molecule has 1 fully saturated rings. The van der Waals surface area contributed by atoms with E-state index in [1.54, 1.807) is 11.3 Å². The summed E-state index contributed by atoms with van der Waals surface area (Å²) >= 11 is 1.67. The summed E-state index contributed by atoms with van der Waals surface area (Å²) in [5.74, 6) is 1.81. The van der Waals surface area contributed by atoms with Crippen molar-refractivity contribution in [3.63, 3.8) is 0 Å². The number of hydrogen-bond acceptors (Lipinski definition) is 5. The van der Waals surface area contributed by atoms with Gasteiger partial charge >= 0.3 is 0 Å². The first-order valence-corrected chi connectivity index (χ1v) is 8.30. The van der Waals surface area contributed by atoms with Gasteiger partial charge in [0.25, 0.3) is 0 Å². The molecule has 0 unspecified atom stereocenters. The molecule has 1 aliphatic rings. The van der Waals surface area contributed by atoms with Crippen molar-refractivity contribution in [2.24, 2.45) is 0 Å². The van der Waals surface area contributed by atoms with Crippen LogP contribution in [-0.2, 0) is 10.3 Å². The maximum atomic E-state index is 6.09. The first kappa shape index (κ1) is 13.8. The smallest absolute Gasteiger partial charge is 0.164 e. The molecule has 0 saturated heterocycles. The summed E-state index contributed by atoms with van der Waals surface area (Å²) in [7, 11) is 0. The molecule has 1 N–H and O–H groups in total. The number of ether oxygens (including phenoxy) is 1. The van der Waals surface area contributed by atoms with Crippen LogP contribution in [0.25, 0.3) is 10.2 Å². The van der Waals surface area contributed by atoms with Crippen LogP contribution in [0.2, 0.25) is 0 Å². The predicted octanol–water partition coefficient (Wildman–Crippen LogP) is 3.93. The molecular formula is C15H21N3OS. The van der Waals surface area contributed by atoms with Crippen LogP contribution in [0.15, 0.2) is 11.4 Å². The summed E-state index contributed by atoms with van der Waals surface area (Å²) in [6.45, 7) is 5.72. The van der Waals surface area contributed by atoms with Crippen LogP contribution in [0.4, 0.5) is 5.82 Å². The molecule has 4 nitrogen and oxygen atoms in total. The van der Waals surface area contributed by atoms with Gasteiger partial charge in [0.15, 0.2) is 5.82 Å². The molecule has 0 radical (unpaired) electrons. The molecule has 1 saturated carbocycles. The third-order valence-electron chi connectivity index (χ3n) is 3.91. The Bertz CT molecular complexity index is 590. The van der Waals surface area contributed by atoms with Crippen molar-refractivity contribution >= 4 is 27.4 Å². The van der Waals surface area contributed by atoms with Gasteiger partial charge in [0.05, 0.1) is 5.39 Å². The Hall–Kier alpha value is -1.20. The second-order valence-electron chi connectivity index (χ2n) is 5.20. The molecule has 108 valence electrons. The predicted molar refractivity (Wildman–Crippen MR) is 83.4 cm³/mol. The average Bonchev–Trinajstić information content (AvgIpc) is 3.08. The van der Waals surface area contributed by atoms with Crippen LogP contribution < -0.4 is 5.32 Å². The van der Waals surface area contributed by atoms with E-state index in [1.165, 1.54) is 12.8 Å². The Kier molecular flexibility index (Phi) is 3.89. The summed E-state index contributed by atoms with van der Waals surface area (Å²) in [6, 6.07) is 2.09.